The van der Waals surface area contributed by atoms with E-state index in [2.05, 4.69) is 30.0 Å². The largest absolute Gasteiger partial charge is 0.493 e. The maximum Gasteiger partial charge on any atom is 0.491 e. The minimum absolute atomic E-state index is 0.0496. The minimum Gasteiger partial charge on any atom is -0.493 e. The van der Waals surface area contributed by atoms with E-state index < -0.39 is 18.0 Å². The van der Waals surface area contributed by atoms with E-state index >= 15 is 0 Å². The van der Waals surface area contributed by atoms with E-state index in [1.165, 1.54) is 26.4 Å². The van der Waals surface area contributed by atoms with E-state index in [0.29, 0.717) is 28.1 Å². The van der Waals surface area contributed by atoms with E-state index in [4.69, 9.17) is 14.2 Å². The van der Waals surface area contributed by atoms with Gasteiger partial charge < -0.3 is 18.9 Å². The molecule has 10 nitrogen and oxygen atoms in total. The van der Waals surface area contributed by atoms with Crippen LogP contribution in [-0.4, -0.2) is 52.9 Å². The van der Waals surface area contributed by atoms with Gasteiger partial charge in [-0.25, -0.2) is 19.7 Å². The summed E-state index contributed by atoms with van der Waals surface area (Å²) in [6, 6.07) is 7.89. The second-order valence-corrected chi connectivity index (χ2v) is 7.31. The first-order valence-corrected chi connectivity index (χ1v) is 10.5. The summed E-state index contributed by atoms with van der Waals surface area (Å²) in [4.78, 5) is 28.7. The van der Waals surface area contributed by atoms with E-state index in [1.807, 2.05) is 0 Å². The third-order valence-electron chi connectivity index (χ3n) is 4.99. The highest BCUT2D eigenvalue weighted by molar-refractivity contribution is 5.92. The molecule has 0 saturated heterocycles. The standard InChI is InChI=1S/C23H20F3N5O5/c1-5-35-15-8-6-7-12-18(15)29-22(30-19(12)36-20(32)23(24,25)26)31-21-27-11(2)13-9-16(33-3)17(34-4)10-14(13)28-21/h6-10H,5H2,1-4H3,(H,27,28,29,30,31). The molecule has 0 aliphatic heterocycles. The molecule has 0 aliphatic carbocycles. The summed E-state index contributed by atoms with van der Waals surface area (Å²) >= 11 is 0. The Labute approximate surface area is 202 Å². The molecule has 2 aromatic carbocycles. The Bertz CT molecular complexity index is 1460. The van der Waals surface area contributed by atoms with E-state index in [0.717, 1.165) is 0 Å². The summed E-state index contributed by atoms with van der Waals surface area (Å²) in [5, 5.41) is 3.52. The van der Waals surface area contributed by atoms with Crippen LogP contribution < -0.4 is 24.3 Å². The number of hydrogen-bond donors (Lipinski definition) is 1. The number of ether oxygens (including phenoxy) is 4. The fourth-order valence-electron chi connectivity index (χ4n) is 3.41. The zero-order valence-corrected chi connectivity index (χ0v) is 19.6. The summed E-state index contributed by atoms with van der Waals surface area (Å²) in [5.41, 5.74) is 1.20. The zero-order valence-electron chi connectivity index (χ0n) is 19.6. The number of methoxy groups -OCH3 is 2. The highest BCUT2D eigenvalue weighted by Crippen LogP contribution is 2.34. The third kappa shape index (κ3) is 4.85. The highest BCUT2D eigenvalue weighted by Gasteiger charge is 2.42. The number of aryl methyl sites for hydroxylation is 1. The molecule has 2 heterocycles. The molecular weight excluding hydrogens is 483 g/mol. The van der Waals surface area contributed by atoms with Gasteiger partial charge in [0.25, 0.3) is 0 Å². The number of anilines is 2. The molecule has 0 fully saturated rings. The number of aromatic nitrogens is 4. The smallest absolute Gasteiger partial charge is 0.491 e. The first kappa shape index (κ1) is 24.7. The van der Waals surface area contributed by atoms with Crippen LogP contribution in [0.3, 0.4) is 0 Å². The molecule has 13 heteroatoms. The predicted octanol–water partition coefficient (Wildman–Crippen LogP) is 4.51. The van der Waals surface area contributed by atoms with E-state index in [9.17, 15) is 18.0 Å². The molecule has 0 spiro atoms. The van der Waals surface area contributed by atoms with E-state index in [1.54, 1.807) is 32.0 Å². The quantitative estimate of drug-likeness (QED) is 0.361. The fourth-order valence-corrected chi connectivity index (χ4v) is 3.41. The predicted molar refractivity (Wildman–Crippen MR) is 123 cm³/mol. The lowest BCUT2D eigenvalue weighted by molar-refractivity contribution is -0.189. The van der Waals surface area contributed by atoms with Crippen molar-refractivity contribution in [3.8, 4) is 23.1 Å². The van der Waals surface area contributed by atoms with Gasteiger partial charge in [0.2, 0.25) is 17.8 Å². The average Bonchev–Trinajstić information content (AvgIpc) is 2.83. The number of benzene rings is 2. The van der Waals surface area contributed by atoms with Crippen LogP contribution in [0.4, 0.5) is 25.1 Å². The van der Waals surface area contributed by atoms with Gasteiger partial charge in [0, 0.05) is 11.5 Å². The number of nitrogens with zero attached hydrogens (tertiary/aromatic N) is 4. The van der Waals surface area contributed by atoms with Crippen LogP contribution in [0.2, 0.25) is 0 Å². The van der Waals surface area contributed by atoms with Crippen LogP contribution in [0.15, 0.2) is 30.3 Å². The summed E-state index contributed by atoms with van der Waals surface area (Å²) < 4.78 is 59.4. The number of alkyl halides is 3. The summed E-state index contributed by atoms with van der Waals surface area (Å²) in [5.74, 6) is -1.98. The summed E-state index contributed by atoms with van der Waals surface area (Å²) in [6.45, 7) is 3.74. The van der Waals surface area contributed by atoms with Crippen LogP contribution in [0.1, 0.15) is 12.6 Å². The number of esters is 1. The molecule has 0 bridgehead atoms. The van der Waals surface area contributed by atoms with Crippen molar-refractivity contribution in [1.82, 2.24) is 19.9 Å². The third-order valence-corrected chi connectivity index (χ3v) is 4.99. The van der Waals surface area contributed by atoms with Crippen molar-refractivity contribution in [2.75, 3.05) is 26.1 Å². The SMILES string of the molecule is CCOc1cccc2c(OC(=O)C(F)(F)F)nc(Nc3nc(C)c4cc(OC)c(OC)cc4n3)nc12. The van der Waals surface area contributed by atoms with Crippen molar-refractivity contribution in [1.29, 1.82) is 0 Å². The molecule has 2 aromatic heterocycles. The maximum absolute atomic E-state index is 12.9. The normalized spacial score (nSPS) is 11.4. The highest BCUT2D eigenvalue weighted by atomic mass is 19.4. The Morgan fingerprint density at radius 1 is 0.944 bits per heavy atom. The van der Waals surface area contributed by atoms with Crippen molar-refractivity contribution in [3.05, 3.63) is 36.0 Å². The van der Waals surface area contributed by atoms with Gasteiger partial charge in [0.1, 0.15) is 11.3 Å². The molecule has 0 amide bonds. The first-order valence-electron chi connectivity index (χ1n) is 10.5. The summed E-state index contributed by atoms with van der Waals surface area (Å²) in [7, 11) is 2.99. The first-order chi connectivity index (χ1) is 17.1. The van der Waals surface area contributed by atoms with Gasteiger partial charge in [0.05, 0.1) is 37.4 Å². The molecule has 0 unspecified atom stereocenters. The number of para-hydroxylation sites is 1. The monoisotopic (exact) mass is 503 g/mol. The lowest BCUT2D eigenvalue weighted by atomic mass is 10.1. The molecule has 188 valence electrons. The maximum atomic E-state index is 12.9. The van der Waals surface area contributed by atoms with Crippen LogP contribution >= 0.6 is 0 Å². The number of rotatable bonds is 7. The number of carbonyl (C=O) groups excluding carboxylic acids is 1. The lowest BCUT2D eigenvalue weighted by Gasteiger charge is -2.14. The second kappa shape index (κ2) is 9.68. The second-order valence-electron chi connectivity index (χ2n) is 7.31. The Morgan fingerprint density at radius 2 is 1.64 bits per heavy atom. The number of fused-ring (bicyclic) bond motifs is 2. The van der Waals surface area contributed by atoms with E-state index in [-0.39, 0.29) is 35.2 Å². The average molecular weight is 503 g/mol. The fraction of sp³-hybridized carbons (Fsp3) is 0.261. The number of hydrogen-bond acceptors (Lipinski definition) is 10. The molecule has 0 atom stereocenters. The number of nitrogens with one attached hydrogen (secondary N) is 1. The Morgan fingerprint density at radius 3 is 2.31 bits per heavy atom. The number of carbonyl (C=O) groups is 1. The molecule has 0 aliphatic rings. The van der Waals surface area contributed by atoms with Crippen LogP contribution in [-0.2, 0) is 4.79 Å². The molecule has 4 rings (SSSR count). The van der Waals surface area contributed by atoms with Crippen molar-refractivity contribution in [2.24, 2.45) is 0 Å². The van der Waals surface area contributed by atoms with Crippen LogP contribution in [0, 0.1) is 6.92 Å². The Kier molecular flexibility index (Phi) is 6.64. The Balaban J connectivity index is 1.82. The molecule has 4 aromatic rings. The molecule has 0 radical (unpaired) electrons. The van der Waals surface area contributed by atoms with Gasteiger partial charge in [-0.15, -0.1) is 0 Å². The van der Waals surface area contributed by atoms with Gasteiger partial charge in [-0.3, -0.25) is 5.32 Å². The van der Waals surface area contributed by atoms with Crippen molar-refractivity contribution in [2.45, 2.75) is 20.0 Å². The van der Waals surface area contributed by atoms with Crippen molar-refractivity contribution < 1.29 is 36.9 Å². The van der Waals surface area contributed by atoms with Crippen molar-refractivity contribution >= 4 is 39.7 Å². The van der Waals surface area contributed by atoms with Crippen LogP contribution in [0.5, 0.6) is 23.1 Å². The molecule has 1 N–H and O–H groups in total. The topological polar surface area (TPSA) is 118 Å². The van der Waals surface area contributed by atoms with Gasteiger partial charge in [-0.2, -0.15) is 18.2 Å². The molecular formula is C23H20F3N5O5. The zero-order chi connectivity index (χ0) is 26.0. The lowest BCUT2D eigenvalue weighted by Crippen LogP contribution is -2.28. The van der Waals surface area contributed by atoms with Crippen LogP contribution in [0.25, 0.3) is 21.8 Å². The van der Waals surface area contributed by atoms with Gasteiger partial charge in [-0.1, -0.05) is 6.07 Å². The summed E-state index contributed by atoms with van der Waals surface area (Å²) in [6.07, 6.45) is -5.22. The molecule has 0 saturated carbocycles. The van der Waals surface area contributed by atoms with Gasteiger partial charge >= 0.3 is 12.1 Å². The van der Waals surface area contributed by atoms with Gasteiger partial charge in [-0.05, 0) is 32.0 Å². The van der Waals surface area contributed by atoms with Gasteiger partial charge in [0.15, 0.2) is 11.5 Å². The van der Waals surface area contributed by atoms with Crippen molar-refractivity contribution in [3.63, 3.8) is 0 Å². The minimum atomic E-state index is -5.22. The number of halogens is 3. The molecule has 36 heavy (non-hydrogen) atoms. The Hall–Kier alpha value is -4.42.